The van der Waals surface area contributed by atoms with Crippen LogP contribution in [-0.4, -0.2) is 0 Å². The Kier molecular flexibility index (Phi) is 4.51. The molecule has 0 atom stereocenters. The summed E-state index contributed by atoms with van der Waals surface area (Å²) < 4.78 is 0. The highest BCUT2D eigenvalue weighted by Gasteiger charge is 1.83. The first kappa shape index (κ1) is 8.32. The average Bonchev–Trinajstić information content (AvgIpc) is 2.08. The molecule has 0 aromatic carbocycles. The van der Waals surface area contributed by atoms with E-state index in [2.05, 4.69) is 42.9 Å². The molecule has 0 bridgehead atoms. The van der Waals surface area contributed by atoms with Crippen molar-refractivity contribution in [2.75, 3.05) is 0 Å². The highest BCUT2D eigenvalue weighted by Crippen LogP contribution is 2.03. The third kappa shape index (κ3) is 4.60. The fraction of sp³-hybridized carbons (Fsp3) is 0.364. The molecular formula is C11H15. The fourth-order valence-electron chi connectivity index (χ4n) is 1.07. The highest BCUT2D eigenvalue weighted by atomic mass is 13.9. The Morgan fingerprint density at radius 3 is 2.18 bits per heavy atom. The first-order valence-electron chi connectivity index (χ1n) is 4.32. The van der Waals surface area contributed by atoms with Crippen LogP contribution in [0.5, 0.6) is 0 Å². The lowest BCUT2D eigenvalue weighted by Crippen LogP contribution is -1.71. The maximum atomic E-state index is 2.23. The molecule has 0 aliphatic heterocycles. The van der Waals surface area contributed by atoms with Crippen LogP contribution in [0, 0.1) is 6.42 Å². The van der Waals surface area contributed by atoms with Gasteiger partial charge in [-0.15, -0.1) is 0 Å². The summed E-state index contributed by atoms with van der Waals surface area (Å²) in [4.78, 5) is 0. The summed E-state index contributed by atoms with van der Waals surface area (Å²) in [6, 6.07) is 0. The van der Waals surface area contributed by atoms with Crippen LogP contribution in [0.4, 0.5) is 0 Å². The normalized spacial score (nSPS) is 19.6. The average molecular weight is 147 g/mol. The Morgan fingerprint density at radius 1 is 0.636 bits per heavy atom. The minimum Gasteiger partial charge on any atom is -0.0879 e. The first-order chi connectivity index (χ1) is 5.50. The van der Waals surface area contributed by atoms with Crippen molar-refractivity contribution in [2.24, 2.45) is 0 Å². The van der Waals surface area contributed by atoms with Crippen molar-refractivity contribution in [3.05, 3.63) is 42.9 Å². The minimum atomic E-state index is 1.22. The third-order valence-electron chi connectivity index (χ3n) is 1.71. The minimum absolute atomic E-state index is 1.22. The molecule has 0 heterocycles. The van der Waals surface area contributed by atoms with E-state index in [0.717, 1.165) is 0 Å². The van der Waals surface area contributed by atoms with E-state index in [0.29, 0.717) is 0 Å². The summed E-state index contributed by atoms with van der Waals surface area (Å²) in [5.74, 6) is 0. The zero-order valence-electron chi connectivity index (χ0n) is 6.87. The molecule has 0 spiro atoms. The molecule has 0 fully saturated rings. The van der Waals surface area contributed by atoms with Crippen molar-refractivity contribution in [2.45, 2.75) is 25.7 Å². The monoisotopic (exact) mass is 147 g/mol. The molecule has 0 nitrogen and oxygen atoms in total. The van der Waals surface area contributed by atoms with Crippen LogP contribution in [0.1, 0.15) is 25.7 Å². The lowest BCUT2D eigenvalue weighted by Gasteiger charge is -1.90. The zero-order chi connectivity index (χ0) is 7.78. The Morgan fingerprint density at radius 2 is 1.36 bits per heavy atom. The molecular weight excluding hydrogens is 132 g/mol. The molecule has 1 aliphatic rings. The quantitative estimate of drug-likeness (QED) is 0.492. The molecule has 11 heavy (non-hydrogen) atoms. The molecule has 1 aliphatic carbocycles. The SMILES string of the molecule is [CH]1C=CC=CCCCCC=C1. The standard InChI is InChI=1S/C11H15/c1-2-4-6-8-10-11-9-7-5-3-1/h1-7H,8-11H2. The van der Waals surface area contributed by atoms with Gasteiger partial charge in [-0.1, -0.05) is 36.5 Å². The molecule has 0 saturated carbocycles. The molecule has 0 aromatic rings. The number of allylic oxidation sites excluding steroid dienone is 6. The maximum absolute atomic E-state index is 2.23. The van der Waals surface area contributed by atoms with E-state index in [9.17, 15) is 0 Å². The molecule has 0 N–H and O–H groups in total. The Balaban J connectivity index is 2.35. The van der Waals surface area contributed by atoms with Gasteiger partial charge in [0.05, 0.1) is 0 Å². The van der Waals surface area contributed by atoms with Gasteiger partial charge < -0.3 is 0 Å². The summed E-state index contributed by atoms with van der Waals surface area (Å²) in [5.41, 5.74) is 0. The summed E-state index contributed by atoms with van der Waals surface area (Å²) in [6.07, 6.45) is 20.0. The van der Waals surface area contributed by atoms with Crippen molar-refractivity contribution < 1.29 is 0 Å². The highest BCUT2D eigenvalue weighted by molar-refractivity contribution is 5.14. The van der Waals surface area contributed by atoms with E-state index in [1.54, 1.807) is 0 Å². The topological polar surface area (TPSA) is 0 Å². The largest absolute Gasteiger partial charge is 0.0879 e. The maximum Gasteiger partial charge on any atom is 0.00473 e. The van der Waals surface area contributed by atoms with Crippen molar-refractivity contribution in [1.82, 2.24) is 0 Å². The van der Waals surface area contributed by atoms with Gasteiger partial charge in [-0.25, -0.2) is 0 Å². The van der Waals surface area contributed by atoms with Gasteiger partial charge in [-0.3, -0.25) is 0 Å². The van der Waals surface area contributed by atoms with E-state index >= 15 is 0 Å². The van der Waals surface area contributed by atoms with Crippen LogP contribution in [0.3, 0.4) is 0 Å². The summed E-state index contributed by atoms with van der Waals surface area (Å²) in [6.45, 7) is 0. The molecule has 59 valence electrons. The third-order valence-corrected chi connectivity index (χ3v) is 1.71. The van der Waals surface area contributed by atoms with Crippen LogP contribution in [0.2, 0.25) is 0 Å². The summed E-state index contributed by atoms with van der Waals surface area (Å²) in [5, 5.41) is 0. The Labute approximate surface area is 69.3 Å². The second kappa shape index (κ2) is 5.96. The van der Waals surface area contributed by atoms with Crippen LogP contribution in [0.15, 0.2) is 36.5 Å². The lowest BCUT2D eigenvalue weighted by molar-refractivity contribution is 0.762. The van der Waals surface area contributed by atoms with Crippen molar-refractivity contribution in [1.29, 1.82) is 0 Å². The smallest absolute Gasteiger partial charge is 0.00473 e. The van der Waals surface area contributed by atoms with Crippen molar-refractivity contribution in [3.63, 3.8) is 0 Å². The van der Waals surface area contributed by atoms with Gasteiger partial charge >= 0.3 is 0 Å². The molecule has 0 amide bonds. The molecule has 0 aromatic heterocycles. The Hall–Kier alpha value is -0.780. The van der Waals surface area contributed by atoms with Crippen LogP contribution in [-0.2, 0) is 0 Å². The fourth-order valence-corrected chi connectivity index (χ4v) is 1.07. The van der Waals surface area contributed by atoms with Gasteiger partial charge in [-0.2, -0.15) is 0 Å². The number of hydrogen-bond donors (Lipinski definition) is 0. The second-order valence-electron chi connectivity index (χ2n) is 2.72. The van der Waals surface area contributed by atoms with Gasteiger partial charge in [0.2, 0.25) is 0 Å². The first-order valence-corrected chi connectivity index (χ1v) is 4.32. The Bertz CT molecular complexity index is 161. The summed E-state index contributed by atoms with van der Waals surface area (Å²) in [7, 11) is 0. The molecule has 1 rings (SSSR count). The van der Waals surface area contributed by atoms with E-state index < -0.39 is 0 Å². The zero-order valence-corrected chi connectivity index (χ0v) is 6.87. The van der Waals surface area contributed by atoms with Crippen LogP contribution in [0.25, 0.3) is 0 Å². The van der Waals surface area contributed by atoms with Crippen LogP contribution >= 0.6 is 0 Å². The predicted molar refractivity (Wildman–Crippen MR) is 50.2 cm³/mol. The van der Waals surface area contributed by atoms with Crippen molar-refractivity contribution >= 4 is 0 Å². The molecule has 0 saturated heterocycles. The van der Waals surface area contributed by atoms with E-state index in [-0.39, 0.29) is 0 Å². The second-order valence-corrected chi connectivity index (χ2v) is 2.72. The van der Waals surface area contributed by atoms with E-state index in [4.69, 9.17) is 0 Å². The molecule has 0 unspecified atom stereocenters. The van der Waals surface area contributed by atoms with Gasteiger partial charge in [-0.05, 0) is 25.7 Å². The van der Waals surface area contributed by atoms with Gasteiger partial charge in [0, 0.05) is 6.42 Å². The lowest BCUT2D eigenvalue weighted by atomic mass is 10.2. The van der Waals surface area contributed by atoms with E-state index in [1.807, 2.05) is 0 Å². The van der Waals surface area contributed by atoms with Gasteiger partial charge in [0.15, 0.2) is 0 Å². The molecule has 1 radical (unpaired) electrons. The van der Waals surface area contributed by atoms with Crippen molar-refractivity contribution in [3.8, 4) is 0 Å². The molecule has 0 heteroatoms. The predicted octanol–water partition coefficient (Wildman–Crippen LogP) is 3.43. The van der Waals surface area contributed by atoms with Gasteiger partial charge in [0.1, 0.15) is 0 Å². The van der Waals surface area contributed by atoms with Gasteiger partial charge in [0.25, 0.3) is 0 Å². The number of hydrogen-bond acceptors (Lipinski definition) is 0. The van der Waals surface area contributed by atoms with E-state index in [1.165, 1.54) is 25.7 Å². The van der Waals surface area contributed by atoms with Crippen LogP contribution < -0.4 is 0 Å². The number of rotatable bonds is 0. The summed E-state index contributed by atoms with van der Waals surface area (Å²) >= 11 is 0.